The quantitative estimate of drug-likeness (QED) is 0.225. The Morgan fingerprint density at radius 1 is 1.00 bits per heavy atom. The molecule has 0 fully saturated rings. The minimum atomic E-state index is -0.321. The van der Waals surface area contributed by atoms with Gasteiger partial charge >= 0.3 is 0 Å². The predicted octanol–water partition coefficient (Wildman–Crippen LogP) is 6.92. The van der Waals surface area contributed by atoms with E-state index in [1.807, 2.05) is 37.3 Å². The molecule has 1 aromatic heterocycles. The van der Waals surface area contributed by atoms with Crippen molar-refractivity contribution in [1.82, 2.24) is 9.99 Å². The average molecular weight is 492 g/mol. The van der Waals surface area contributed by atoms with Crippen molar-refractivity contribution in [3.8, 4) is 22.7 Å². The van der Waals surface area contributed by atoms with E-state index in [0.29, 0.717) is 33.5 Å². The van der Waals surface area contributed by atoms with Crippen LogP contribution in [0.3, 0.4) is 0 Å². The maximum Gasteiger partial charge on any atom is 0.271 e. The van der Waals surface area contributed by atoms with E-state index in [1.54, 1.807) is 24.3 Å². The molecule has 0 unspecified atom stereocenters. The van der Waals surface area contributed by atoms with Gasteiger partial charge in [0, 0.05) is 16.9 Å². The highest BCUT2D eigenvalue weighted by Gasteiger charge is 2.11. The highest BCUT2D eigenvalue weighted by molar-refractivity contribution is 6.37. The van der Waals surface area contributed by atoms with E-state index in [0.717, 1.165) is 22.6 Å². The maximum absolute atomic E-state index is 12.6. The molecule has 3 aromatic carbocycles. The third kappa shape index (κ3) is 5.16. The molecular weight excluding hydrogens is 469 g/mol. The number of nitrogens with zero attached hydrogens (tertiary/aromatic N) is 2. The van der Waals surface area contributed by atoms with Crippen LogP contribution in [0.15, 0.2) is 84.0 Å². The molecule has 4 rings (SSSR count). The van der Waals surface area contributed by atoms with Crippen LogP contribution in [0.1, 0.15) is 28.5 Å². The van der Waals surface area contributed by atoms with Gasteiger partial charge in [0.05, 0.1) is 28.6 Å². The number of amides is 1. The second-order valence-electron chi connectivity index (χ2n) is 7.55. The number of hydrogen-bond acceptors (Lipinski definition) is 3. The average Bonchev–Trinajstić information content (AvgIpc) is 3.23. The number of ether oxygens (including phenoxy) is 1. The predicted molar refractivity (Wildman–Crippen MR) is 139 cm³/mol. The molecule has 0 bridgehead atoms. The SMILES string of the molecule is CCOc1c(Cl)cc(/C=N/NC(=O)c2ccc(-n3c(C)ccc3-c3ccccc3)cc2)cc1Cl. The number of carbonyl (C=O) groups excluding carboxylic acids is 1. The third-order valence-electron chi connectivity index (χ3n) is 5.22. The van der Waals surface area contributed by atoms with Gasteiger partial charge in [-0.05, 0) is 73.5 Å². The number of rotatable bonds is 7. The Balaban J connectivity index is 1.47. The largest absolute Gasteiger partial charge is 0.491 e. The topological polar surface area (TPSA) is 55.6 Å². The van der Waals surface area contributed by atoms with E-state index < -0.39 is 0 Å². The van der Waals surface area contributed by atoms with Gasteiger partial charge in [-0.25, -0.2) is 5.43 Å². The van der Waals surface area contributed by atoms with Gasteiger partial charge in [-0.1, -0.05) is 53.5 Å². The van der Waals surface area contributed by atoms with Crippen LogP contribution < -0.4 is 10.2 Å². The van der Waals surface area contributed by atoms with Gasteiger partial charge in [0.1, 0.15) is 0 Å². The molecule has 4 aromatic rings. The van der Waals surface area contributed by atoms with E-state index >= 15 is 0 Å². The van der Waals surface area contributed by atoms with E-state index in [-0.39, 0.29) is 5.91 Å². The van der Waals surface area contributed by atoms with Crippen molar-refractivity contribution in [1.29, 1.82) is 0 Å². The Labute approximate surface area is 208 Å². The van der Waals surface area contributed by atoms with Crippen molar-refractivity contribution in [3.63, 3.8) is 0 Å². The highest BCUT2D eigenvalue weighted by Crippen LogP contribution is 2.33. The molecule has 1 N–H and O–H groups in total. The van der Waals surface area contributed by atoms with E-state index in [4.69, 9.17) is 27.9 Å². The molecule has 0 spiro atoms. The molecule has 172 valence electrons. The number of benzene rings is 3. The van der Waals surface area contributed by atoms with Crippen molar-refractivity contribution in [2.45, 2.75) is 13.8 Å². The number of halogens is 2. The Kier molecular flexibility index (Phi) is 7.36. The van der Waals surface area contributed by atoms with Crippen LogP contribution in [-0.4, -0.2) is 23.3 Å². The van der Waals surface area contributed by atoms with Crippen molar-refractivity contribution in [2.75, 3.05) is 6.61 Å². The second kappa shape index (κ2) is 10.6. The van der Waals surface area contributed by atoms with Crippen LogP contribution in [-0.2, 0) is 0 Å². The van der Waals surface area contributed by atoms with Crippen molar-refractivity contribution in [2.24, 2.45) is 5.10 Å². The summed E-state index contributed by atoms with van der Waals surface area (Å²) >= 11 is 12.4. The standard InChI is InChI=1S/C27H23Cl2N3O2/c1-3-34-26-23(28)15-19(16-24(26)29)17-30-31-27(33)21-10-12-22(13-11-21)32-18(2)9-14-25(32)20-7-5-4-6-8-20/h4-17H,3H2,1-2H3,(H,31,33)/b30-17+. The Morgan fingerprint density at radius 2 is 1.68 bits per heavy atom. The highest BCUT2D eigenvalue weighted by atomic mass is 35.5. The first-order chi connectivity index (χ1) is 16.5. The monoisotopic (exact) mass is 491 g/mol. The molecule has 0 saturated heterocycles. The molecule has 0 radical (unpaired) electrons. The summed E-state index contributed by atoms with van der Waals surface area (Å²) in [4.78, 5) is 12.6. The number of carbonyl (C=O) groups is 1. The molecule has 0 aliphatic heterocycles. The van der Waals surface area contributed by atoms with E-state index in [1.165, 1.54) is 6.21 Å². The smallest absolute Gasteiger partial charge is 0.271 e. The first-order valence-corrected chi connectivity index (χ1v) is 11.5. The van der Waals surface area contributed by atoms with Gasteiger partial charge in [-0.2, -0.15) is 5.10 Å². The summed E-state index contributed by atoms with van der Waals surface area (Å²) < 4.78 is 7.58. The summed E-state index contributed by atoms with van der Waals surface area (Å²) in [5.41, 5.74) is 7.97. The van der Waals surface area contributed by atoms with Crippen LogP contribution in [0.4, 0.5) is 0 Å². The van der Waals surface area contributed by atoms with Gasteiger partial charge < -0.3 is 9.30 Å². The fraction of sp³-hybridized carbons (Fsp3) is 0.111. The number of aromatic nitrogens is 1. The van der Waals surface area contributed by atoms with Gasteiger partial charge in [0.25, 0.3) is 5.91 Å². The van der Waals surface area contributed by atoms with Crippen LogP contribution in [0, 0.1) is 6.92 Å². The second-order valence-corrected chi connectivity index (χ2v) is 8.37. The summed E-state index contributed by atoms with van der Waals surface area (Å²) in [6.07, 6.45) is 1.48. The molecule has 1 heterocycles. The van der Waals surface area contributed by atoms with Crippen molar-refractivity contribution in [3.05, 3.63) is 106 Å². The summed E-state index contributed by atoms with van der Waals surface area (Å²) in [6, 6.07) is 25.1. The third-order valence-corrected chi connectivity index (χ3v) is 5.78. The summed E-state index contributed by atoms with van der Waals surface area (Å²) in [5, 5.41) is 4.79. The fourth-order valence-electron chi connectivity index (χ4n) is 3.64. The minimum Gasteiger partial charge on any atom is -0.491 e. The van der Waals surface area contributed by atoms with Gasteiger partial charge in [-0.3, -0.25) is 4.79 Å². The van der Waals surface area contributed by atoms with Crippen molar-refractivity contribution < 1.29 is 9.53 Å². The zero-order valence-corrected chi connectivity index (χ0v) is 20.3. The lowest BCUT2D eigenvalue weighted by atomic mass is 10.1. The zero-order chi connectivity index (χ0) is 24.1. The van der Waals surface area contributed by atoms with Gasteiger partial charge in [0.2, 0.25) is 0 Å². The first kappa shape index (κ1) is 23.6. The molecule has 0 aliphatic rings. The normalized spacial score (nSPS) is 11.1. The summed E-state index contributed by atoms with van der Waals surface area (Å²) in [5.74, 6) is 0.110. The zero-order valence-electron chi connectivity index (χ0n) is 18.8. The van der Waals surface area contributed by atoms with Crippen LogP contribution in [0.5, 0.6) is 5.75 Å². The van der Waals surface area contributed by atoms with Gasteiger partial charge in [-0.15, -0.1) is 0 Å². The fourth-order valence-corrected chi connectivity index (χ4v) is 4.26. The van der Waals surface area contributed by atoms with Gasteiger partial charge in [0.15, 0.2) is 5.75 Å². The minimum absolute atomic E-state index is 0.321. The van der Waals surface area contributed by atoms with Crippen molar-refractivity contribution >= 4 is 35.3 Å². The number of hydrogen-bond donors (Lipinski definition) is 1. The lowest BCUT2D eigenvalue weighted by Gasteiger charge is -2.12. The number of nitrogens with one attached hydrogen (secondary N) is 1. The lowest BCUT2D eigenvalue weighted by Crippen LogP contribution is -2.17. The molecule has 1 amide bonds. The number of hydrazone groups is 1. The molecule has 0 saturated carbocycles. The molecule has 5 nitrogen and oxygen atoms in total. The van der Waals surface area contributed by atoms with Crippen LogP contribution >= 0.6 is 23.2 Å². The Bertz CT molecular complexity index is 1310. The summed E-state index contributed by atoms with van der Waals surface area (Å²) in [7, 11) is 0. The molecule has 0 atom stereocenters. The molecular formula is C27H23Cl2N3O2. The first-order valence-electron chi connectivity index (χ1n) is 10.8. The summed E-state index contributed by atoms with van der Waals surface area (Å²) in [6.45, 7) is 4.37. The maximum atomic E-state index is 12.6. The Hall–Kier alpha value is -3.54. The van der Waals surface area contributed by atoms with Crippen LogP contribution in [0.25, 0.3) is 16.9 Å². The lowest BCUT2D eigenvalue weighted by molar-refractivity contribution is 0.0955. The van der Waals surface area contributed by atoms with E-state index in [9.17, 15) is 4.79 Å². The van der Waals surface area contributed by atoms with E-state index in [2.05, 4.69) is 46.3 Å². The molecule has 0 aliphatic carbocycles. The van der Waals surface area contributed by atoms with Crippen LogP contribution in [0.2, 0.25) is 10.0 Å². The Morgan fingerprint density at radius 3 is 2.32 bits per heavy atom. The number of aryl methyl sites for hydroxylation is 1. The molecule has 34 heavy (non-hydrogen) atoms. The molecule has 7 heteroatoms.